The lowest BCUT2D eigenvalue weighted by Gasteiger charge is -2.22. The van der Waals surface area contributed by atoms with Gasteiger partial charge in [-0.2, -0.15) is 4.31 Å². The Kier molecular flexibility index (Phi) is 4.79. The highest BCUT2D eigenvalue weighted by atomic mass is 79.9. The van der Waals surface area contributed by atoms with Gasteiger partial charge in [0.25, 0.3) is 0 Å². The summed E-state index contributed by atoms with van der Waals surface area (Å²) in [7, 11) is -3.84. The van der Waals surface area contributed by atoms with E-state index in [-0.39, 0.29) is 28.3 Å². The lowest BCUT2D eigenvalue weighted by molar-refractivity contribution is 0.402. The molecule has 1 aromatic carbocycles. The highest BCUT2D eigenvalue weighted by Gasteiger charge is 2.37. The molecule has 112 valence electrons. The normalized spacial score (nSPS) is 24.2. The molecule has 0 N–H and O–H groups in total. The zero-order chi connectivity index (χ0) is 15.1. The minimum absolute atomic E-state index is 0.0697. The van der Waals surface area contributed by atoms with E-state index >= 15 is 0 Å². The van der Waals surface area contributed by atoms with Crippen LogP contribution in [0, 0.1) is 11.7 Å². The summed E-state index contributed by atoms with van der Waals surface area (Å²) in [5.41, 5.74) is 0.180. The fourth-order valence-corrected chi connectivity index (χ4v) is 5.37. The third-order valence-corrected chi connectivity index (χ3v) is 6.26. The molecule has 2 rings (SSSR count). The van der Waals surface area contributed by atoms with Crippen molar-refractivity contribution in [3.8, 4) is 0 Å². The van der Waals surface area contributed by atoms with Gasteiger partial charge in [-0.15, -0.1) is 11.6 Å². The highest BCUT2D eigenvalue weighted by Crippen LogP contribution is 2.32. The summed E-state index contributed by atoms with van der Waals surface area (Å²) in [5.74, 6) is -0.544. The van der Waals surface area contributed by atoms with Gasteiger partial charge >= 0.3 is 0 Å². The first-order chi connectivity index (χ1) is 9.27. The average Bonchev–Trinajstić information content (AvgIpc) is 2.71. The maximum atomic E-state index is 14.3. The molecule has 0 spiro atoms. The van der Waals surface area contributed by atoms with Crippen LogP contribution in [0.15, 0.2) is 21.5 Å². The number of halogens is 3. The SMILES string of the molecule is CC1CC(C)N(S(=O)(=O)c2cc(Br)cc(CCl)c2F)C1. The van der Waals surface area contributed by atoms with Crippen molar-refractivity contribution in [2.75, 3.05) is 6.54 Å². The molecule has 1 saturated heterocycles. The van der Waals surface area contributed by atoms with E-state index in [1.807, 2.05) is 13.8 Å². The van der Waals surface area contributed by atoms with Crippen LogP contribution in [0.4, 0.5) is 4.39 Å². The van der Waals surface area contributed by atoms with Crippen molar-refractivity contribution < 1.29 is 12.8 Å². The van der Waals surface area contributed by atoms with E-state index in [4.69, 9.17) is 11.6 Å². The van der Waals surface area contributed by atoms with E-state index in [2.05, 4.69) is 15.9 Å². The van der Waals surface area contributed by atoms with Crippen molar-refractivity contribution in [3.63, 3.8) is 0 Å². The van der Waals surface area contributed by atoms with Crippen LogP contribution in [-0.4, -0.2) is 25.3 Å². The molecule has 0 amide bonds. The van der Waals surface area contributed by atoms with Crippen molar-refractivity contribution >= 4 is 37.6 Å². The molecule has 0 bridgehead atoms. The minimum atomic E-state index is -3.84. The Morgan fingerprint density at radius 3 is 2.60 bits per heavy atom. The second-order valence-corrected chi connectivity index (χ2v) is 8.32. The zero-order valence-corrected chi connectivity index (χ0v) is 14.4. The van der Waals surface area contributed by atoms with Gasteiger partial charge in [0.1, 0.15) is 10.7 Å². The Labute approximate surface area is 132 Å². The molecule has 2 atom stereocenters. The van der Waals surface area contributed by atoms with E-state index in [1.165, 1.54) is 16.4 Å². The topological polar surface area (TPSA) is 37.4 Å². The first-order valence-electron chi connectivity index (χ1n) is 6.33. The van der Waals surface area contributed by atoms with Crippen LogP contribution in [0.25, 0.3) is 0 Å². The molecule has 1 aliphatic heterocycles. The molecule has 0 radical (unpaired) electrons. The molecule has 1 aliphatic rings. The van der Waals surface area contributed by atoms with Gasteiger partial charge in [-0.3, -0.25) is 0 Å². The Morgan fingerprint density at radius 1 is 1.45 bits per heavy atom. The summed E-state index contributed by atoms with van der Waals surface area (Å²) in [4.78, 5) is -0.302. The molecule has 0 saturated carbocycles. The number of alkyl halides is 1. The lowest BCUT2D eigenvalue weighted by Crippen LogP contribution is -2.34. The van der Waals surface area contributed by atoms with E-state index in [9.17, 15) is 12.8 Å². The van der Waals surface area contributed by atoms with Crippen molar-refractivity contribution in [2.45, 2.75) is 37.1 Å². The van der Waals surface area contributed by atoms with Crippen molar-refractivity contribution in [1.29, 1.82) is 0 Å². The van der Waals surface area contributed by atoms with Crippen LogP contribution >= 0.6 is 27.5 Å². The monoisotopic (exact) mass is 383 g/mol. The number of hydrogen-bond acceptors (Lipinski definition) is 2. The van der Waals surface area contributed by atoms with Gasteiger partial charge in [-0.05, 0) is 31.4 Å². The zero-order valence-electron chi connectivity index (χ0n) is 11.2. The van der Waals surface area contributed by atoms with E-state index < -0.39 is 15.8 Å². The molecule has 7 heteroatoms. The molecule has 0 aromatic heterocycles. The summed E-state index contributed by atoms with van der Waals surface area (Å²) in [6, 6.07) is 2.68. The summed E-state index contributed by atoms with van der Waals surface area (Å²) in [5, 5.41) is 0. The second kappa shape index (κ2) is 5.91. The fourth-order valence-electron chi connectivity index (χ4n) is 2.63. The van der Waals surface area contributed by atoms with Gasteiger partial charge in [-0.1, -0.05) is 22.9 Å². The number of rotatable bonds is 3. The van der Waals surface area contributed by atoms with Gasteiger partial charge in [-0.25, -0.2) is 12.8 Å². The Morgan fingerprint density at radius 2 is 2.10 bits per heavy atom. The van der Waals surface area contributed by atoms with Crippen LogP contribution in [0.5, 0.6) is 0 Å². The minimum Gasteiger partial charge on any atom is -0.207 e. The molecule has 0 aliphatic carbocycles. The summed E-state index contributed by atoms with van der Waals surface area (Å²) in [6.45, 7) is 4.26. The largest absolute Gasteiger partial charge is 0.246 e. The van der Waals surface area contributed by atoms with Crippen LogP contribution in [0.1, 0.15) is 25.8 Å². The smallest absolute Gasteiger partial charge is 0.207 e. The van der Waals surface area contributed by atoms with Crippen molar-refractivity contribution in [1.82, 2.24) is 4.31 Å². The van der Waals surface area contributed by atoms with E-state index in [0.29, 0.717) is 11.0 Å². The number of sulfonamides is 1. The molecule has 1 aromatic rings. The first kappa shape index (κ1) is 16.2. The molecule has 2 unspecified atom stereocenters. The van der Waals surface area contributed by atoms with Gasteiger partial charge < -0.3 is 0 Å². The fraction of sp³-hybridized carbons (Fsp3) is 0.538. The van der Waals surface area contributed by atoms with Gasteiger partial charge in [0.05, 0.1) is 5.88 Å². The molecule has 1 fully saturated rings. The maximum absolute atomic E-state index is 14.3. The first-order valence-corrected chi connectivity index (χ1v) is 9.09. The van der Waals surface area contributed by atoms with E-state index in [0.717, 1.165) is 6.42 Å². The predicted octanol–water partition coefficient (Wildman–Crippen LogP) is 3.75. The predicted molar refractivity (Wildman–Crippen MR) is 80.8 cm³/mol. The van der Waals surface area contributed by atoms with Crippen LogP contribution in [-0.2, 0) is 15.9 Å². The molecular formula is C13H16BrClFNO2S. The molecular weight excluding hydrogens is 369 g/mol. The van der Waals surface area contributed by atoms with Crippen LogP contribution < -0.4 is 0 Å². The number of hydrogen-bond donors (Lipinski definition) is 0. The standard InChI is InChI=1S/C13H16BrClFNO2S/c1-8-3-9(2)17(7-8)20(18,19)12-5-11(14)4-10(6-15)13(12)16/h4-5,8-9H,3,6-7H2,1-2H3. The number of benzene rings is 1. The second-order valence-electron chi connectivity index (χ2n) is 5.28. The Hall–Kier alpha value is -0.170. The van der Waals surface area contributed by atoms with Gasteiger partial charge in [0.2, 0.25) is 10.0 Å². The quantitative estimate of drug-likeness (QED) is 0.744. The average molecular weight is 385 g/mol. The van der Waals surface area contributed by atoms with Crippen LogP contribution in [0.2, 0.25) is 0 Å². The summed E-state index contributed by atoms with van der Waals surface area (Å²) >= 11 is 8.88. The third-order valence-electron chi connectivity index (χ3n) is 3.54. The summed E-state index contributed by atoms with van der Waals surface area (Å²) in [6.07, 6.45) is 0.789. The number of nitrogens with zero attached hydrogens (tertiary/aromatic N) is 1. The van der Waals surface area contributed by atoms with E-state index in [1.54, 1.807) is 0 Å². The lowest BCUT2D eigenvalue weighted by atomic mass is 10.1. The van der Waals surface area contributed by atoms with Gasteiger partial charge in [0.15, 0.2) is 0 Å². The van der Waals surface area contributed by atoms with Crippen molar-refractivity contribution in [2.24, 2.45) is 5.92 Å². The van der Waals surface area contributed by atoms with Gasteiger partial charge in [0, 0.05) is 22.6 Å². The molecule has 20 heavy (non-hydrogen) atoms. The molecule has 3 nitrogen and oxygen atoms in total. The maximum Gasteiger partial charge on any atom is 0.246 e. The van der Waals surface area contributed by atoms with Crippen LogP contribution in [0.3, 0.4) is 0 Å². The molecule has 1 heterocycles. The Bertz CT molecular complexity index is 623. The Balaban J connectivity index is 2.52. The third kappa shape index (κ3) is 2.89. The summed E-state index contributed by atoms with van der Waals surface area (Å²) < 4.78 is 41.5. The van der Waals surface area contributed by atoms with Crippen molar-refractivity contribution in [3.05, 3.63) is 28.0 Å². The highest BCUT2D eigenvalue weighted by molar-refractivity contribution is 9.10.